The summed E-state index contributed by atoms with van der Waals surface area (Å²) in [6.07, 6.45) is 2.28. The molecule has 1 atom stereocenters. The number of carbonyl (C=O) groups is 3. The molecule has 2 aliphatic rings. The SMILES string of the molecule is COC(=O)c1ccc(Oc2cnc(NC(=O)N3CC4(CCN(C(C)=O)C4)c4cc(Cl)ccc43)s2)cc1. The van der Waals surface area contributed by atoms with Crippen molar-refractivity contribution in [2.24, 2.45) is 0 Å². The van der Waals surface area contributed by atoms with Crippen molar-refractivity contribution in [1.82, 2.24) is 9.88 Å². The van der Waals surface area contributed by atoms with Crippen LogP contribution in [-0.4, -0.2) is 54.5 Å². The molecule has 9 nitrogen and oxygen atoms in total. The van der Waals surface area contributed by atoms with Crippen LogP contribution in [0.15, 0.2) is 48.7 Å². The Kier molecular flexibility index (Phi) is 6.31. The van der Waals surface area contributed by atoms with Crippen LogP contribution in [0.4, 0.5) is 15.6 Å². The first kappa shape index (κ1) is 24.1. The zero-order valence-electron chi connectivity index (χ0n) is 19.6. The van der Waals surface area contributed by atoms with Crippen LogP contribution in [0.25, 0.3) is 0 Å². The lowest BCUT2D eigenvalue weighted by Gasteiger charge is -2.25. The van der Waals surface area contributed by atoms with E-state index in [1.165, 1.54) is 24.6 Å². The standard InChI is InChI=1S/C25H23ClN4O5S/c1-15(31)29-10-9-25(13-29)14-30(20-8-5-17(26)11-19(20)25)24(33)28-23-27-12-21(36-23)35-18-6-3-16(4-7-18)22(32)34-2/h3-8,11-12H,9-10,13-14H2,1-2H3,(H,27,28,33). The van der Waals surface area contributed by atoms with E-state index in [1.54, 1.807) is 42.2 Å². The van der Waals surface area contributed by atoms with Crippen LogP contribution in [0.5, 0.6) is 10.8 Å². The molecule has 1 fully saturated rings. The summed E-state index contributed by atoms with van der Waals surface area (Å²) in [4.78, 5) is 44.6. The molecule has 36 heavy (non-hydrogen) atoms. The van der Waals surface area contributed by atoms with Gasteiger partial charge >= 0.3 is 12.0 Å². The predicted molar refractivity (Wildman–Crippen MR) is 136 cm³/mol. The van der Waals surface area contributed by atoms with Gasteiger partial charge in [0.05, 0.1) is 18.9 Å². The number of aromatic nitrogens is 1. The van der Waals surface area contributed by atoms with Crippen LogP contribution in [0.2, 0.25) is 5.02 Å². The summed E-state index contributed by atoms with van der Waals surface area (Å²) in [5, 5.41) is 4.32. The maximum absolute atomic E-state index is 13.3. The van der Waals surface area contributed by atoms with Crippen molar-refractivity contribution in [3.8, 4) is 10.8 Å². The molecule has 0 saturated carbocycles. The van der Waals surface area contributed by atoms with Crippen molar-refractivity contribution in [3.63, 3.8) is 0 Å². The number of nitrogens with zero attached hydrogens (tertiary/aromatic N) is 3. The molecule has 2 aliphatic heterocycles. The lowest BCUT2D eigenvalue weighted by atomic mass is 9.81. The molecule has 5 rings (SSSR count). The maximum Gasteiger partial charge on any atom is 0.337 e. The third kappa shape index (κ3) is 4.49. The number of halogens is 1. The molecule has 3 heterocycles. The summed E-state index contributed by atoms with van der Waals surface area (Å²) in [5.41, 5.74) is 1.82. The minimum atomic E-state index is -0.427. The number of anilines is 2. The highest BCUT2D eigenvalue weighted by Crippen LogP contribution is 2.47. The summed E-state index contributed by atoms with van der Waals surface area (Å²) in [5.74, 6) is 0.116. The molecule has 1 N–H and O–H groups in total. The van der Waals surface area contributed by atoms with E-state index in [0.29, 0.717) is 46.2 Å². The average molecular weight is 527 g/mol. The van der Waals surface area contributed by atoms with Crippen LogP contribution in [-0.2, 0) is 14.9 Å². The van der Waals surface area contributed by atoms with Crippen molar-refractivity contribution in [3.05, 3.63) is 64.8 Å². The summed E-state index contributed by atoms with van der Waals surface area (Å²) in [6.45, 7) is 3.19. The van der Waals surface area contributed by atoms with Crippen LogP contribution in [0.3, 0.4) is 0 Å². The Labute approximate surface area is 216 Å². The lowest BCUT2D eigenvalue weighted by Crippen LogP contribution is -2.41. The summed E-state index contributed by atoms with van der Waals surface area (Å²) < 4.78 is 10.5. The number of carbonyl (C=O) groups excluding carboxylic acids is 3. The molecule has 1 unspecified atom stereocenters. The van der Waals surface area contributed by atoms with E-state index in [9.17, 15) is 14.4 Å². The Morgan fingerprint density at radius 1 is 1.14 bits per heavy atom. The van der Waals surface area contributed by atoms with Gasteiger partial charge in [0.25, 0.3) is 0 Å². The fourth-order valence-corrected chi connectivity index (χ4v) is 5.58. The van der Waals surface area contributed by atoms with E-state index < -0.39 is 5.97 Å². The van der Waals surface area contributed by atoms with Crippen molar-refractivity contribution in [2.75, 3.05) is 37.0 Å². The number of fused-ring (bicyclic) bond motifs is 2. The molecule has 2 aromatic carbocycles. The summed E-state index contributed by atoms with van der Waals surface area (Å²) in [6, 6.07) is 11.7. The third-order valence-electron chi connectivity index (χ3n) is 6.52. The van der Waals surface area contributed by atoms with Crippen LogP contribution in [0.1, 0.15) is 29.3 Å². The van der Waals surface area contributed by atoms with Crippen molar-refractivity contribution >= 4 is 51.7 Å². The largest absolute Gasteiger partial charge is 0.465 e. The molecule has 11 heteroatoms. The van der Waals surface area contributed by atoms with Gasteiger partial charge in [-0.2, -0.15) is 0 Å². The second kappa shape index (κ2) is 9.44. The lowest BCUT2D eigenvalue weighted by molar-refractivity contribution is -0.127. The van der Waals surface area contributed by atoms with Gasteiger partial charge in [0.15, 0.2) is 5.13 Å². The number of urea groups is 1. The van der Waals surface area contributed by atoms with E-state index in [2.05, 4.69) is 10.3 Å². The molecule has 1 saturated heterocycles. The number of benzene rings is 2. The van der Waals surface area contributed by atoms with Crippen molar-refractivity contribution in [2.45, 2.75) is 18.8 Å². The van der Waals surface area contributed by atoms with Gasteiger partial charge < -0.3 is 14.4 Å². The van der Waals surface area contributed by atoms with E-state index >= 15 is 0 Å². The highest BCUT2D eigenvalue weighted by atomic mass is 35.5. The molecule has 3 aromatic rings. The highest BCUT2D eigenvalue weighted by molar-refractivity contribution is 7.17. The minimum Gasteiger partial charge on any atom is -0.465 e. The number of hydrogen-bond donors (Lipinski definition) is 1. The van der Waals surface area contributed by atoms with Gasteiger partial charge in [-0.3, -0.25) is 15.0 Å². The minimum absolute atomic E-state index is 0.0219. The first-order valence-corrected chi connectivity index (χ1v) is 12.4. The van der Waals surface area contributed by atoms with E-state index in [1.807, 2.05) is 17.0 Å². The number of methoxy groups -OCH3 is 1. The van der Waals surface area contributed by atoms with Gasteiger partial charge in [0, 0.05) is 42.7 Å². The first-order chi connectivity index (χ1) is 17.3. The van der Waals surface area contributed by atoms with Gasteiger partial charge in [-0.25, -0.2) is 14.6 Å². The fourth-order valence-electron chi connectivity index (χ4n) is 4.73. The molecule has 186 valence electrons. The monoisotopic (exact) mass is 526 g/mol. The quantitative estimate of drug-likeness (QED) is 0.484. The third-order valence-corrected chi connectivity index (χ3v) is 7.54. The number of rotatable bonds is 4. The second-order valence-corrected chi connectivity index (χ2v) is 10.2. The van der Waals surface area contributed by atoms with Gasteiger partial charge in [-0.15, -0.1) is 0 Å². The number of amides is 3. The Bertz CT molecular complexity index is 1340. The topological polar surface area (TPSA) is 101 Å². The molecular weight excluding hydrogens is 504 g/mol. The van der Waals surface area contributed by atoms with Gasteiger partial charge in [0.1, 0.15) is 5.75 Å². The molecule has 3 amide bonds. The van der Waals surface area contributed by atoms with E-state index in [0.717, 1.165) is 17.7 Å². The molecule has 0 radical (unpaired) electrons. The van der Waals surface area contributed by atoms with Crippen LogP contribution < -0.4 is 15.0 Å². The second-order valence-electron chi connectivity index (χ2n) is 8.75. The Hall–Kier alpha value is -3.63. The number of hydrogen-bond acceptors (Lipinski definition) is 7. The number of nitrogens with one attached hydrogen (secondary N) is 1. The Morgan fingerprint density at radius 3 is 2.61 bits per heavy atom. The molecule has 0 aliphatic carbocycles. The fraction of sp³-hybridized carbons (Fsp3) is 0.280. The number of ether oxygens (including phenoxy) is 2. The average Bonchev–Trinajstić information content (AvgIpc) is 3.58. The van der Waals surface area contributed by atoms with E-state index in [-0.39, 0.29) is 17.4 Å². The van der Waals surface area contributed by atoms with Gasteiger partial charge in [0.2, 0.25) is 11.0 Å². The first-order valence-electron chi connectivity index (χ1n) is 11.2. The predicted octanol–water partition coefficient (Wildman–Crippen LogP) is 4.92. The number of esters is 1. The molecule has 0 bridgehead atoms. The van der Waals surface area contributed by atoms with Crippen molar-refractivity contribution in [1.29, 1.82) is 0 Å². The smallest absolute Gasteiger partial charge is 0.337 e. The van der Waals surface area contributed by atoms with Gasteiger partial charge in [-0.1, -0.05) is 22.9 Å². The van der Waals surface area contributed by atoms with Crippen LogP contribution in [0, 0.1) is 0 Å². The van der Waals surface area contributed by atoms with Gasteiger partial charge in [-0.05, 0) is 54.4 Å². The Morgan fingerprint density at radius 2 is 1.92 bits per heavy atom. The zero-order valence-corrected chi connectivity index (χ0v) is 21.2. The molecular formula is C25H23ClN4O5S. The number of likely N-dealkylation sites (tertiary alicyclic amines) is 1. The molecule has 1 aromatic heterocycles. The summed E-state index contributed by atoms with van der Waals surface area (Å²) >= 11 is 7.48. The zero-order chi connectivity index (χ0) is 25.4. The normalized spacial score (nSPS) is 18.3. The maximum atomic E-state index is 13.3. The van der Waals surface area contributed by atoms with Crippen molar-refractivity contribution < 1.29 is 23.9 Å². The molecule has 1 spiro atoms. The highest BCUT2D eigenvalue weighted by Gasteiger charge is 2.49. The summed E-state index contributed by atoms with van der Waals surface area (Å²) in [7, 11) is 1.32. The Balaban J connectivity index is 1.30. The van der Waals surface area contributed by atoms with Crippen LogP contribution >= 0.6 is 22.9 Å². The van der Waals surface area contributed by atoms with E-state index in [4.69, 9.17) is 21.1 Å². The number of thiazole rings is 1.